The van der Waals surface area contributed by atoms with Gasteiger partial charge in [0.05, 0.1) is 17.1 Å². The van der Waals surface area contributed by atoms with E-state index in [9.17, 15) is 18.0 Å². The molecule has 9 heteroatoms. The molecular weight excluding hydrogens is 420 g/mol. The number of sulfone groups is 1. The molecule has 0 aliphatic carbocycles. The number of alkyl carbamates (subject to hydrolysis) is 1. The molecule has 0 bridgehead atoms. The van der Waals surface area contributed by atoms with Crippen molar-refractivity contribution in [3.63, 3.8) is 0 Å². The lowest BCUT2D eigenvalue weighted by Gasteiger charge is -2.11. The molecule has 2 aromatic rings. The highest BCUT2D eigenvalue weighted by atomic mass is 32.2. The van der Waals surface area contributed by atoms with Gasteiger partial charge in [0.15, 0.2) is 9.84 Å². The van der Waals surface area contributed by atoms with Crippen molar-refractivity contribution in [1.29, 1.82) is 0 Å². The third kappa shape index (κ3) is 7.45. The predicted octanol–water partition coefficient (Wildman–Crippen LogP) is 2.70. The monoisotopic (exact) mass is 446 g/mol. The molecule has 0 atom stereocenters. The van der Waals surface area contributed by atoms with Crippen molar-refractivity contribution in [3.05, 3.63) is 72.3 Å². The fourth-order valence-corrected chi connectivity index (χ4v) is 3.65. The van der Waals surface area contributed by atoms with E-state index in [1.807, 2.05) is 0 Å². The smallest absolute Gasteiger partial charge is 0.407 e. The van der Waals surface area contributed by atoms with Crippen LogP contribution in [0.4, 0.5) is 4.79 Å². The molecule has 8 nitrogen and oxygen atoms in total. The molecule has 0 aliphatic heterocycles. The summed E-state index contributed by atoms with van der Waals surface area (Å²) in [6, 6.07) is 13.2. The van der Waals surface area contributed by atoms with Crippen LogP contribution in [0.3, 0.4) is 0 Å². The summed E-state index contributed by atoms with van der Waals surface area (Å²) in [5.41, 5.74) is 1.29. The van der Waals surface area contributed by atoms with Gasteiger partial charge in [-0.2, -0.15) is 0 Å². The lowest BCUT2D eigenvalue weighted by molar-refractivity contribution is 0.0950. The van der Waals surface area contributed by atoms with Gasteiger partial charge in [0.2, 0.25) is 0 Å². The van der Waals surface area contributed by atoms with Crippen LogP contribution in [0.1, 0.15) is 22.8 Å². The molecule has 0 aromatic heterocycles. The summed E-state index contributed by atoms with van der Waals surface area (Å²) in [6.45, 7) is 6.05. The number of benzene rings is 2. The van der Waals surface area contributed by atoms with Crippen molar-refractivity contribution in [2.75, 3.05) is 25.6 Å². The number of ether oxygens (including phenoxy) is 2. The van der Waals surface area contributed by atoms with Gasteiger partial charge in [-0.1, -0.05) is 36.9 Å². The Morgan fingerprint density at radius 2 is 1.77 bits per heavy atom. The number of carbonyl (C=O) groups excluding carboxylic acids is 2. The molecule has 0 saturated carbocycles. The highest BCUT2D eigenvalue weighted by molar-refractivity contribution is 7.91. The Hall–Kier alpha value is -3.33. The Balaban J connectivity index is 1.89. The van der Waals surface area contributed by atoms with Gasteiger partial charge in [0, 0.05) is 6.54 Å². The molecule has 2 N–H and O–H groups in total. The molecule has 0 heterocycles. The summed E-state index contributed by atoms with van der Waals surface area (Å²) in [7, 11) is -3.68. The fraction of sp³-hybridized carbons (Fsp3) is 0.273. The average Bonchev–Trinajstić information content (AvgIpc) is 2.77. The van der Waals surface area contributed by atoms with Crippen molar-refractivity contribution in [3.8, 4) is 5.75 Å². The van der Waals surface area contributed by atoms with E-state index < -0.39 is 21.8 Å². The van der Waals surface area contributed by atoms with E-state index in [0.29, 0.717) is 30.9 Å². The molecule has 0 saturated heterocycles. The summed E-state index contributed by atoms with van der Waals surface area (Å²) >= 11 is 0. The summed E-state index contributed by atoms with van der Waals surface area (Å²) in [5, 5.41) is 5.03. The number of hydrogen-bond acceptors (Lipinski definition) is 6. The summed E-state index contributed by atoms with van der Waals surface area (Å²) in [4.78, 5) is 23.8. The van der Waals surface area contributed by atoms with E-state index in [1.165, 1.54) is 12.1 Å². The third-order valence-electron chi connectivity index (χ3n) is 4.15. The summed E-state index contributed by atoms with van der Waals surface area (Å²) < 4.78 is 34.7. The molecule has 2 aromatic carbocycles. The molecule has 166 valence electrons. The van der Waals surface area contributed by atoms with Gasteiger partial charge in [0.25, 0.3) is 5.91 Å². The second-order valence-electron chi connectivity index (χ2n) is 6.40. The van der Waals surface area contributed by atoms with Crippen LogP contribution < -0.4 is 15.4 Å². The highest BCUT2D eigenvalue weighted by Gasteiger charge is 2.16. The van der Waals surface area contributed by atoms with Crippen molar-refractivity contribution in [2.24, 2.45) is 0 Å². The predicted molar refractivity (Wildman–Crippen MR) is 117 cm³/mol. The van der Waals surface area contributed by atoms with Crippen molar-refractivity contribution in [2.45, 2.75) is 18.2 Å². The van der Waals surface area contributed by atoms with Gasteiger partial charge in [-0.25, -0.2) is 13.2 Å². The van der Waals surface area contributed by atoms with E-state index in [0.717, 1.165) is 5.56 Å². The maximum Gasteiger partial charge on any atom is 0.407 e. The number of amides is 2. The zero-order valence-electron chi connectivity index (χ0n) is 17.3. The SMILES string of the molecule is C=CCOc1ccccc1C(=O)NCCc1ccc(S(=O)(=O)CNC(=O)OCC)cc1. The summed E-state index contributed by atoms with van der Waals surface area (Å²) in [5.74, 6) is -0.330. The topological polar surface area (TPSA) is 111 Å². The number of carbonyl (C=O) groups is 2. The van der Waals surface area contributed by atoms with Crippen LogP contribution in [0.25, 0.3) is 0 Å². The van der Waals surface area contributed by atoms with E-state index in [2.05, 4.69) is 21.9 Å². The van der Waals surface area contributed by atoms with Gasteiger partial charge < -0.3 is 20.1 Å². The van der Waals surface area contributed by atoms with Crippen LogP contribution in [0.15, 0.2) is 66.1 Å². The zero-order valence-corrected chi connectivity index (χ0v) is 18.1. The minimum absolute atomic E-state index is 0.0883. The van der Waals surface area contributed by atoms with Crippen molar-refractivity contribution < 1.29 is 27.5 Å². The first kappa shape index (κ1) is 23.9. The average molecular weight is 447 g/mol. The highest BCUT2D eigenvalue weighted by Crippen LogP contribution is 2.18. The zero-order chi connectivity index (χ0) is 22.7. The first-order valence-electron chi connectivity index (χ1n) is 9.70. The van der Waals surface area contributed by atoms with Crippen LogP contribution in [-0.4, -0.2) is 46.1 Å². The number of hydrogen-bond donors (Lipinski definition) is 2. The third-order valence-corrected chi connectivity index (χ3v) is 5.67. The van der Waals surface area contributed by atoms with Gasteiger partial charge in [-0.05, 0) is 43.2 Å². The number of nitrogens with one attached hydrogen (secondary N) is 2. The first-order chi connectivity index (χ1) is 14.9. The Morgan fingerprint density at radius 3 is 2.45 bits per heavy atom. The van der Waals surface area contributed by atoms with Gasteiger partial charge >= 0.3 is 6.09 Å². The first-order valence-corrected chi connectivity index (χ1v) is 11.4. The quantitative estimate of drug-likeness (QED) is 0.514. The van der Waals surface area contributed by atoms with Crippen LogP contribution in [0.5, 0.6) is 5.75 Å². The normalized spacial score (nSPS) is 10.7. The van der Waals surface area contributed by atoms with Gasteiger partial charge in [-0.3, -0.25) is 4.79 Å². The molecule has 0 aliphatic rings. The van der Waals surface area contributed by atoms with Crippen LogP contribution in [0, 0.1) is 0 Å². The van der Waals surface area contributed by atoms with Crippen LogP contribution >= 0.6 is 0 Å². The van der Waals surface area contributed by atoms with E-state index >= 15 is 0 Å². The Morgan fingerprint density at radius 1 is 1.06 bits per heavy atom. The lowest BCUT2D eigenvalue weighted by atomic mass is 10.1. The largest absolute Gasteiger partial charge is 0.489 e. The van der Waals surface area contributed by atoms with E-state index in [4.69, 9.17) is 4.74 Å². The second-order valence-corrected chi connectivity index (χ2v) is 8.39. The van der Waals surface area contributed by atoms with E-state index in [1.54, 1.807) is 49.4 Å². The van der Waals surface area contributed by atoms with Gasteiger partial charge in [0.1, 0.15) is 18.2 Å². The lowest BCUT2D eigenvalue weighted by Crippen LogP contribution is -2.30. The molecule has 0 radical (unpaired) electrons. The Bertz CT molecular complexity index is 1000. The molecule has 2 rings (SSSR count). The van der Waals surface area contributed by atoms with Crippen LogP contribution in [0.2, 0.25) is 0 Å². The molecule has 2 amide bonds. The maximum atomic E-state index is 12.4. The van der Waals surface area contributed by atoms with Gasteiger partial charge in [-0.15, -0.1) is 0 Å². The minimum Gasteiger partial charge on any atom is -0.489 e. The summed E-state index contributed by atoms with van der Waals surface area (Å²) in [6.07, 6.45) is 1.34. The Labute approximate surface area is 182 Å². The van der Waals surface area contributed by atoms with Crippen molar-refractivity contribution >= 4 is 21.8 Å². The van der Waals surface area contributed by atoms with Crippen molar-refractivity contribution in [1.82, 2.24) is 10.6 Å². The molecule has 0 spiro atoms. The molecule has 31 heavy (non-hydrogen) atoms. The molecular formula is C22H26N2O6S. The number of rotatable bonds is 11. The maximum absolute atomic E-state index is 12.4. The second kappa shape index (κ2) is 11.8. The standard InChI is InChI=1S/C22H26N2O6S/c1-3-15-30-20-8-6-5-7-19(20)21(25)23-14-13-17-9-11-18(12-10-17)31(27,28)16-24-22(26)29-4-2/h3,5-12H,1,4,13-16H2,2H3,(H,23,25)(H,24,26). The number of para-hydroxylation sites is 1. The van der Waals surface area contributed by atoms with Crippen LogP contribution in [-0.2, 0) is 21.0 Å². The fourth-order valence-electron chi connectivity index (χ4n) is 2.63. The Kier molecular flexibility index (Phi) is 9.08. The molecule has 0 fully saturated rings. The molecule has 0 unspecified atom stereocenters. The minimum atomic E-state index is -3.68. The van der Waals surface area contributed by atoms with E-state index in [-0.39, 0.29) is 17.4 Å².